The summed E-state index contributed by atoms with van der Waals surface area (Å²) in [6, 6.07) is 28.2. The molecule has 0 aliphatic carbocycles. The Morgan fingerprint density at radius 2 is 0.778 bits per heavy atom. The van der Waals surface area contributed by atoms with E-state index >= 15 is 0 Å². The Kier molecular flexibility index (Phi) is 8.13. The lowest BCUT2D eigenvalue weighted by Gasteiger charge is -2.24. The molecule has 0 aliphatic heterocycles. The number of rotatable bonds is 10. The van der Waals surface area contributed by atoms with Gasteiger partial charge in [0.05, 0.1) is 6.10 Å². The first kappa shape index (κ1) is 25.1. The number of aromatic hydroxyl groups is 4. The van der Waals surface area contributed by atoms with Crippen LogP contribution >= 0.6 is 0 Å². The van der Waals surface area contributed by atoms with Crippen LogP contribution in [0.1, 0.15) is 59.8 Å². The number of phenols is 4. The zero-order valence-electron chi connectivity index (χ0n) is 20.0. The molecule has 36 heavy (non-hydrogen) atoms. The molecule has 0 saturated heterocycles. The Hall–Kier alpha value is -3.96. The Balaban J connectivity index is 1.51. The van der Waals surface area contributed by atoms with Crippen LogP contribution in [0.15, 0.2) is 97.1 Å². The molecule has 0 radical (unpaired) electrons. The number of hydrogen-bond acceptors (Lipinski definition) is 5. The number of phenolic OH excluding ortho intramolecular Hbond substituents is 4. The first-order chi connectivity index (χ1) is 17.5. The molecular formula is C31H32O5. The molecule has 5 heteroatoms. The molecule has 0 saturated carbocycles. The number of hydrogen-bond donors (Lipinski definition) is 5. The van der Waals surface area contributed by atoms with Crippen molar-refractivity contribution in [1.29, 1.82) is 0 Å². The minimum absolute atomic E-state index is 0.122. The number of aliphatic hydroxyl groups excluding tert-OH is 1. The predicted molar refractivity (Wildman–Crippen MR) is 141 cm³/mol. The van der Waals surface area contributed by atoms with Gasteiger partial charge in [0.15, 0.2) is 0 Å². The van der Waals surface area contributed by atoms with Crippen LogP contribution in [-0.4, -0.2) is 31.6 Å². The van der Waals surface area contributed by atoms with Crippen LogP contribution in [0.2, 0.25) is 0 Å². The van der Waals surface area contributed by atoms with E-state index in [1.54, 1.807) is 48.5 Å². The van der Waals surface area contributed by atoms with Gasteiger partial charge in [-0.2, -0.15) is 0 Å². The SMILES string of the molecule is Oc1ccccc1C(CCCC(O)CC(c1ccccc1O)c1ccccc1O)c1ccccc1O. The molecule has 0 heterocycles. The fourth-order valence-electron chi connectivity index (χ4n) is 4.98. The molecule has 0 fully saturated rings. The summed E-state index contributed by atoms with van der Waals surface area (Å²) in [7, 11) is 0. The summed E-state index contributed by atoms with van der Waals surface area (Å²) in [5.41, 5.74) is 2.77. The van der Waals surface area contributed by atoms with Crippen LogP contribution in [0.4, 0.5) is 0 Å². The Labute approximate surface area is 211 Å². The summed E-state index contributed by atoms with van der Waals surface area (Å²) in [6.07, 6.45) is 1.37. The number of benzene rings is 4. The van der Waals surface area contributed by atoms with Crippen molar-refractivity contribution in [3.05, 3.63) is 119 Å². The number of aliphatic hydroxyl groups is 1. The Morgan fingerprint density at radius 1 is 0.444 bits per heavy atom. The quantitative estimate of drug-likeness (QED) is 0.179. The van der Waals surface area contributed by atoms with E-state index in [9.17, 15) is 25.5 Å². The normalized spacial score (nSPS) is 12.2. The summed E-state index contributed by atoms with van der Waals surface area (Å²) in [4.78, 5) is 0. The molecule has 186 valence electrons. The zero-order chi connectivity index (χ0) is 25.5. The van der Waals surface area contributed by atoms with Gasteiger partial charge in [-0.3, -0.25) is 0 Å². The van der Waals surface area contributed by atoms with Gasteiger partial charge in [-0.05, 0) is 49.9 Å². The molecule has 1 unspecified atom stereocenters. The maximum atomic E-state index is 11.0. The second kappa shape index (κ2) is 11.6. The minimum atomic E-state index is -0.691. The summed E-state index contributed by atoms with van der Waals surface area (Å²) in [5, 5.41) is 53.0. The lowest BCUT2D eigenvalue weighted by molar-refractivity contribution is 0.145. The fourth-order valence-corrected chi connectivity index (χ4v) is 4.98. The first-order valence-electron chi connectivity index (χ1n) is 12.2. The largest absolute Gasteiger partial charge is 0.508 e. The molecule has 4 aromatic rings. The van der Waals surface area contributed by atoms with Gasteiger partial charge in [0.25, 0.3) is 0 Å². The second-order valence-electron chi connectivity index (χ2n) is 9.16. The molecule has 5 nitrogen and oxygen atoms in total. The highest BCUT2D eigenvalue weighted by molar-refractivity contribution is 5.47. The third kappa shape index (κ3) is 5.81. The summed E-state index contributed by atoms with van der Waals surface area (Å²) < 4.78 is 0. The van der Waals surface area contributed by atoms with E-state index in [1.807, 2.05) is 48.5 Å². The van der Waals surface area contributed by atoms with Gasteiger partial charge >= 0.3 is 0 Å². The average Bonchev–Trinajstić information content (AvgIpc) is 2.87. The lowest BCUT2D eigenvalue weighted by atomic mass is 9.83. The standard InChI is InChI=1S/C31H32O5/c32-21(20-27(25-13-3-7-18-30(25)35)26-14-4-8-19-31(26)36)10-9-15-22(23-11-1-5-16-28(23)33)24-12-2-6-17-29(24)34/h1-8,11-14,16-19,21-22,27,32-36H,9-10,15,20H2. The summed E-state index contributed by atoms with van der Waals surface area (Å²) in [6.45, 7) is 0. The Bertz CT molecular complexity index is 1190. The van der Waals surface area contributed by atoms with Crippen molar-refractivity contribution in [2.45, 2.75) is 43.6 Å². The molecule has 0 spiro atoms. The van der Waals surface area contributed by atoms with E-state index in [1.165, 1.54) is 0 Å². The van der Waals surface area contributed by atoms with Gasteiger partial charge in [0.1, 0.15) is 23.0 Å². The fraction of sp³-hybridized carbons (Fsp3) is 0.226. The highest BCUT2D eigenvalue weighted by Gasteiger charge is 2.25. The van der Waals surface area contributed by atoms with Crippen LogP contribution in [0.5, 0.6) is 23.0 Å². The van der Waals surface area contributed by atoms with Crippen molar-refractivity contribution < 1.29 is 25.5 Å². The van der Waals surface area contributed by atoms with Gasteiger partial charge in [-0.25, -0.2) is 0 Å². The second-order valence-corrected chi connectivity index (χ2v) is 9.16. The van der Waals surface area contributed by atoms with E-state index < -0.39 is 6.10 Å². The van der Waals surface area contributed by atoms with Gasteiger partial charge < -0.3 is 25.5 Å². The van der Waals surface area contributed by atoms with Gasteiger partial charge in [0.2, 0.25) is 0 Å². The van der Waals surface area contributed by atoms with Crippen molar-refractivity contribution in [3.63, 3.8) is 0 Å². The van der Waals surface area contributed by atoms with Gasteiger partial charge in [-0.15, -0.1) is 0 Å². The van der Waals surface area contributed by atoms with Crippen LogP contribution < -0.4 is 0 Å². The summed E-state index contributed by atoms with van der Waals surface area (Å²) >= 11 is 0. The van der Waals surface area contributed by atoms with E-state index in [-0.39, 0.29) is 34.8 Å². The molecule has 1 atom stereocenters. The smallest absolute Gasteiger partial charge is 0.119 e. The average molecular weight is 485 g/mol. The topological polar surface area (TPSA) is 101 Å². The van der Waals surface area contributed by atoms with Crippen molar-refractivity contribution in [3.8, 4) is 23.0 Å². The zero-order valence-corrected chi connectivity index (χ0v) is 20.0. The maximum Gasteiger partial charge on any atom is 0.119 e. The minimum Gasteiger partial charge on any atom is -0.508 e. The third-order valence-corrected chi connectivity index (χ3v) is 6.79. The van der Waals surface area contributed by atoms with E-state index in [4.69, 9.17) is 0 Å². The molecule has 0 bridgehead atoms. The predicted octanol–water partition coefficient (Wildman–Crippen LogP) is 6.39. The van der Waals surface area contributed by atoms with E-state index in [2.05, 4.69) is 0 Å². The van der Waals surface area contributed by atoms with Crippen LogP contribution in [0, 0.1) is 0 Å². The van der Waals surface area contributed by atoms with E-state index in [0.717, 1.165) is 11.1 Å². The number of para-hydroxylation sites is 4. The molecule has 4 rings (SSSR count). The molecular weight excluding hydrogens is 452 g/mol. The highest BCUT2D eigenvalue weighted by Crippen LogP contribution is 2.41. The molecule has 4 aromatic carbocycles. The summed E-state index contributed by atoms with van der Waals surface area (Å²) in [5.74, 6) is -0.0218. The van der Waals surface area contributed by atoms with Crippen LogP contribution in [0.25, 0.3) is 0 Å². The van der Waals surface area contributed by atoms with Gasteiger partial charge in [0, 0.05) is 34.1 Å². The molecule has 0 amide bonds. The molecule has 5 N–H and O–H groups in total. The van der Waals surface area contributed by atoms with Crippen molar-refractivity contribution in [2.75, 3.05) is 0 Å². The van der Waals surface area contributed by atoms with Crippen molar-refractivity contribution in [1.82, 2.24) is 0 Å². The van der Waals surface area contributed by atoms with Crippen molar-refractivity contribution in [2.24, 2.45) is 0 Å². The van der Waals surface area contributed by atoms with Crippen LogP contribution in [0.3, 0.4) is 0 Å². The van der Waals surface area contributed by atoms with Crippen molar-refractivity contribution >= 4 is 0 Å². The molecule has 0 aliphatic rings. The van der Waals surface area contributed by atoms with E-state index in [0.29, 0.717) is 36.8 Å². The van der Waals surface area contributed by atoms with Gasteiger partial charge in [-0.1, -0.05) is 72.8 Å². The molecule has 0 aromatic heterocycles. The maximum absolute atomic E-state index is 11.0. The highest BCUT2D eigenvalue weighted by atomic mass is 16.3. The third-order valence-electron chi connectivity index (χ3n) is 6.79. The lowest BCUT2D eigenvalue weighted by Crippen LogP contribution is -2.14. The monoisotopic (exact) mass is 484 g/mol. The first-order valence-corrected chi connectivity index (χ1v) is 12.2. The van der Waals surface area contributed by atoms with Crippen LogP contribution in [-0.2, 0) is 0 Å². The Morgan fingerprint density at radius 3 is 1.14 bits per heavy atom.